The summed E-state index contributed by atoms with van der Waals surface area (Å²) in [5, 5.41) is 12.8. The summed E-state index contributed by atoms with van der Waals surface area (Å²) < 4.78 is 4.67. The fraction of sp³-hybridized carbons (Fsp3) is 0.857. The molecule has 4 nitrogen and oxygen atoms in total. The van der Waals surface area contributed by atoms with Gasteiger partial charge in [-0.25, -0.2) is 9.90 Å². The zero-order chi connectivity index (χ0) is 8.85. The van der Waals surface area contributed by atoms with Gasteiger partial charge in [0.05, 0.1) is 6.10 Å². The van der Waals surface area contributed by atoms with Gasteiger partial charge in [-0.3, -0.25) is 5.32 Å². The van der Waals surface area contributed by atoms with Crippen LogP contribution in [0.15, 0.2) is 0 Å². The number of hydrogen-bond donors (Lipinski definition) is 1. The van der Waals surface area contributed by atoms with E-state index in [1.807, 2.05) is 0 Å². The molecular formula is C7H14NO3. The lowest BCUT2D eigenvalue weighted by Gasteiger charge is -2.11. The average Bonchev–Trinajstić information content (AvgIpc) is 1.85. The van der Waals surface area contributed by atoms with E-state index in [1.165, 1.54) is 0 Å². The van der Waals surface area contributed by atoms with Crippen molar-refractivity contribution in [3.05, 3.63) is 0 Å². The lowest BCUT2D eigenvalue weighted by molar-refractivity contribution is 0.0403. The molecule has 0 aromatic carbocycles. The molecule has 1 amide bonds. The zero-order valence-corrected chi connectivity index (χ0v) is 7.09. The molecule has 4 heteroatoms. The molecule has 0 fully saturated rings. The third-order valence-electron chi connectivity index (χ3n) is 0.992. The van der Waals surface area contributed by atoms with Gasteiger partial charge in [0.1, 0.15) is 0 Å². The van der Waals surface area contributed by atoms with Crippen molar-refractivity contribution in [1.29, 1.82) is 0 Å². The minimum absolute atomic E-state index is 0.181. The first kappa shape index (κ1) is 10.2. The van der Waals surface area contributed by atoms with Crippen molar-refractivity contribution in [2.24, 2.45) is 0 Å². The molecule has 0 aliphatic rings. The van der Waals surface area contributed by atoms with Gasteiger partial charge in [0.15, 0.2) is 6.23 Å². The number of carbonyl (C=O) groups is 1. The van der Waals surface area contributed by atoms with Crippen LogP contribution in [0.25, 0.3) is 0 Å². The third kappa shape index (κ3) is 5.66. The van der Waals surface area contributed by atoms with Crippen molar-refractivity contribution in [2.75, 3.05) is 0 Å². The highest BCUT2D eigenvalue weighted by atomic mass is 16.6. The molecule has 0 aliphatic carbocycles. The van der Waals surface area contributed by atoms with E-state index in [2.05, 4.69) is 10.1 Å². The van der Waals surface area contributed by atoms with Gasteiger partial charge in [0, 0.05) is 0 Å². The monoisotopic (exact) mass is 160 g/mol. The Kier molecular flexibility index (Phi) is 4.61. The van der Waals surface area contributed by atoms with Gasteiger partial charge in [-0.2, -0.15) is 0 Å². The Hall–Kier alpha value is -0.770. The van der Waals surface area contributed by atoms with Crippen molar-refractivity contribution >= 4 is 6.09 Å². The van der Waals surface area contributed by atoms with Gasteiger partial charge in [-0.1, -0.05) is 6.92 Å². The Morgan fingerprint density at radius 2 is 2.09 bits per heavy atom. The van der Waals surface area contributed by atoms with Gasteiger partial charge in [0.2, 0.25) is 0 Å². The fourth-order valence-electron chi connectivity index (χ4n) is 0.482. The smallest absolute Gasteiger partial charge is 0.409 e. The van der Waals surface area contributed by atoms with Crippen LogP contribution in [0.5, 0.6) is 0 Å². The lowest BCUT2D eigenvalue weighted by Crippen LogP contribution is -2.34. The van der Waals surface area contributed by atoms with Crippen LogP contribution in [0.1, 0.15) is 27.2 Å². The summed E-state index contributed by atoms with van der Waals surface area (Å²) in [6, 6.07) is 0. The molecule has 65 valence electrons. The van der Waals surface area contributed by atoms with E-state index < -0.39 is 12.3 Å². The van der Waals surface area contributed by atoms with Gasteiger partial charge in [-0.05, 0) is 20.3 Å². The maximum absolute atomic E-state index is 10.7. The number of rotatable bonds is 3. The number of hydrogen-bond acceptors (Lipinski definition) is 2. The summed E-state index contributed by atoms with van der Waals surface area (Å²) in [4.78, 5) is 10.7. The van der Waals surface area contributed by atoms with Crippen molar-refractivity contribution in [3.8, 4) is 0 Å². The van der Waals surface area contributed by atoms with Gasteiger partial charge < -0.3 is 4.74 Å². The molecule has 1 radical (unpaired) electrons. The lowest BCUT2D eigenvalue weighted by atomic mass is 10.4. The molecule has 0 aromatic heterocycles. The number of alkyl carbamates (subject to hydrolysis) is 1. The second kappa shape index (κ2) is 4.96. The number of carbonyl (C=O) groups excluding carboxylic acids is 1. The van der Waals surface area contributed by atoms with E-state index >= 15 is 0 Å². The average molecular weight is 160 g/mol. The first-order chi connectivity index (χ1) is 5.06. The largest absolute Gasteiger partial charge is 0.447 e. The summed E-state index contributed by atoms with van der Waals surface area (Å²) in [5.41, 5.74) is 0. The minimum atomic E-state index is -1.05. The molecule has 0 saturated heterocycles. The fourth-order valence-corrected chi connectivity index (χ4v) is 0.482. The van der Waals surface area contributed by atoms with Crippen LogP contribution in [-0.4, -0.2) is 18.4 Å². The highest BCUT2D eigenvalue weighted by molar-refractivity contribution is 5.67. The summed E-state index contributed by atoms with van der Waals surface area (Å²) >= 11 is 0. The Balaban J connectivity index is 3.52. The number of nitrogens with one attached hydrogen (secondary N) is 1. The van der Waals surface area contributed by atoms with Crippen molar-refractivity contribution in [1.82, 2.24) is 5.32 Å². The van der Waals surface area contributed by atoms with Gasteiger partial charge >= 0.3 is 6.09 Å². The second-order valence-electron chi connectivity index (χ2n) is 2.50. The molecule has 0 rings (SSSR count). The van der Waals surface area contributed by atoms with Gasteiger partial charge in [0.25, 0.3) is 0 Å². The minimum Gasteiger partial charge on any atom is -0.447 e. The van der Waals surface area contributed by atoms with E-state index in [-0.39, 0.29) is 6.10 Å². The quantitative estimate of drug-likeness (QED) is 0.632. The Morgan fingerprint density at radius 1 is 1.55 bits per heavy atom. The van der Waals surface area contributed by atoms with Crippen molar-refractivity contribution in [3.63, 3.8) is 0 Å². The van der Waals surface area contributed by atoms with E-state index in [4.69, 9.17) is 0 Å². The van der Waals surface area contributed by atoms with Crippen molar-refractivity contribution < 1.29 is 14.6 Å². The van der Waals surface area contributed by atoms with E-state index in [9.17, 15) is 9.90 Å². The highest BCUT2D eigenvalue weighted by Gasteiger charge is 2.09. The maximum atomic E-state index is 10.7. The molecule has 0 aromatic rings. The Labute approximate surface area is 66.5 Å². The molecular weight excluding hydrogens is 146 g/mol. The molecule has 0 saturated carbocycles. The second-order valence-corrected chi connectivity index (χ2v) is 2.50. The van der Waals surface area contributed by atoms with E-state index in [0.29, 0.717) is 6.42 Å². The summed E-state index contributed by atoms with van der Waals surface area (Å²) in [6.45, 7) is 5.16. The van der Waals surface area contributed by atoms with Crippen LogP contribution in [0.3, 0.4) is 0 Å². The topological polar surface area (TPSA) is 58.2 Å². The standard InChI is InChI=1S/C7H14NO3/c1-4-6(9)8-7(10)11-5(2)3/h5-6H,4H2,1-3H3,(H,8,10). The SMILES string of the molecule is CCC([O])NC(=O)OC(C)C. The van der Waals surface area contributed by atoms with Crippen LogP contribution in [0, 0.1) is 0 Å². The highest BCUT2D eigenvalue weighted by Crippen LogP contribution is 1.91. The first-order valence-electron chi connectivity index (χ1n) is 3.69. The van der Waals surface area contributed by atoms with Crippen LogP contribution >= 0.6 is 0 Å². The van der Waals surface area contributed by atoms with Crippen LogP contribution in [0.4, 0.5) is 4.79 Å². The molecule has 0 bridgehead atoms. The predicted octanol–water partition coefficient (Wildman–Crippen LogP) is 1.29. The number of ether oxygens (including phenoxy) is 1. The predicted molar refractivity (Wildman–Crippen MR) is 39.5 cm³/mol. The van der Waals surface area contributed by atoms with E-state index in [0.717, 1.165) is 0 Å². The normalized spacial score (nSPS) is 12.8. The Bertz CT molecular complexity index is 125. The third-order valence-corrected chi connectivity index (χ3v) is 0.992. The van der Waals surface area contributed by atoms with Gasteiger partial charge in [-0.15, -0.1) is 0 Å². The van der Waals surface area contributed by atoms with Crippen molar-refractivity contribution in [2.45, 2.75) is 39.5 Å². The number of amides is 1. The first-order valence-corrected chi connectivity index (χ1v) is 3.69. The zero-order valence-electron chi connectivity index (χ0n) is 7.09. The van der Waals surface area contributed by atoms with E-state index in [1.54, 1.807) is 20.8 Å². The van der Waals surface area contributed by atoms with Crippen LogP contribution in [-0.2, 0) is 9.84 Å². The molecule has 1 N–H and O–H groups in total. The summed E-state index contributed by atoms with van der Waals surface area (Å²) in [6.07, 6.45) is -1.50. The van der Waals surface area contributed by atoms with Crippen LogP contribution < -0.4 is 5.32 Å². The molecule has 1 unspecified atom stereocenters. The molecule has 1 atom stereocenters. The molecule has 11 heavy (non-hydrogen) atoms. The summed E-state index contributed by atoms with van der Waals surface area (Å²) in [5.74, 6) is 0. The van der Waals surface area contributed by atoms with Crippen LogP contribution in [0.2, 0.25) is 0 Å². The molecule has 0 spiro atoms. The maximum Gasteiger partial charge on any atom is 0.409 e. The summed E-state index contributed by atoms with van der Waals surface area (Å²) in [7, 11) is 0. The Morgan fingerprint density at radius 3 is 2.45 bits per heavy atom. The molecule has 0 aliphatic heterocycles. The molecule has 0 heterocycles.